The predicted molar refractivity (Wildman–Crippen MR) is 223 cm³/mol. The third-order valence-electron chi connectivity index (χ3n) is 8.08. The SMILES string of the molecule is CC/C=C\C/C=C\C/C=C\C/C=C\CCCCCOCC(COP(=O)(O)OCC(O)CO)OC(=O)CCCCCCCCC/C=C\C/C=C\C/C=C\CC. The van der Waals surface area contributed by atoms with Crippen LogP contribution in [0.25, 0.3) is 0 Å². The lowest BCUT2D eigenvalue weighted by atomic mass is 10.1. The fourth-order valence-electron chi connectivity index (χ4n) is 5.01. The van der Waals surface area contributed by atoms with Gasteiger partial charge in [0, 0.05) is 13.0 Å². The van der Waals surface area contributed by atoms with Crippen LogP contribution in [-0.2, 0) is 27.9 Å². The van der Waals surface area contributed by atoms with Crippen LogP contribution >= 0.6 is 7.82 Å². The lowest BCUT2D eigenvalue weighted by Gasteiger charge is -2.20. The number of unbranched alkanes of at least 4 members (excludes halogenated alkanes) is 10. The van der Waals surface area contributed by atoms with Crippen LogP contribution in [0.5, 0.6) is 0 Å². The van der Waals surface area contributed by atoms with Crippen LogP contribution < -0.4 is 0 Å². The normalized spacial score (nSPS) is 15.0. The Labute approximate surface area is 328 Å². The van der Waals surface area contributed by atoms with Crippen LogP contribution in [0, 0.1) is 0 Å². The second kappa shape index (κ2) is 40.3. The van der Waals surface area contributed by atoms with Gasteiger partial charge in [0.05, 0.1) is 26.4 Å². The van der Waals surface area contributed by atoms with Crippen LogP contribution in [0.15, 0.2) is 85.1 Å². The second-order valence-electron chi connectivity index (χ2n) is 13.2. The Hall–Kier alpha value is -2.36. The van der Waals surface area contributed by atoms with E-state index in [-0.39, 0.29) is 13.0 Å². The minimum atomic E-state index is -4.53. The molecule has 0 fully saturated rings. The molecule has 0 aromatic carbocycles. The number of phosphoric ester groups is 1. The molecule has 54 heavy (non-hydrogen) atoms. The molecule has 0 amide bonds. The van der Waals surface area contributed by atoms with Gasteiger partial charge in [0.1, 0.15) is 12.2 Å². The van der Waals surface area contributed by atoms with E-state index in [0.29, 0.717) is 13.0 Å². The van der Waals surface area contributed by atoms with Gasteiger partial charge >= 0.3 is 13.8 Å². The molecule has 0 aliphatic rings. The van der Waals surface area contributed by atoms with E-state index < -0.39 is 45.8 Å². The van der Waals surface area contributed by atoms with Gasteiger partial charge in [-0.2, -0.15) is 0 Å². The first-order valence-electron chi connectivity index (χ1n) is 20.6. The maximum Gasteiger partial charge on any atom is 0.472 e. The highest BCUT2D eigenvalue weighted by Gasteiger charge is 2.26. The molecule has 0 radical (unpaired) electrons. The summed E-state index contributed by atoms with van der Waals surface area (Å²) in [4.78, 5) is 22.5. The number of esters is 1. The summed E-state index contributed by atoms with van der Waals surface area (Å²) in [6, 6.07) is 0. The van der Waals surface area contributed by atoms with E-state index >= 15 is 0 Å². The molecule has 9 nitrogen and oxygen atoms in total. The summed E-state index contributed by atoms with van der Waals surface area (Å²) < 4.78 is 33.3. The molecule has 3 N–H and O–H groups in total. The smallest absolute Gasteiger partial charge is 0.457 e. The summed E-state index contributed by atoms with van der Waals surface area (Å²) in [5, 5.41) is 18.3. The van der Waals surface area contributed by atoms with Crippen molar-refractivity contribution in [3.8, 4) is 0 Å². The zero-order valence-electron chi connectivity index (χ0n) is 33.7. The number of phosphoric acid groups is 1. The maximum absolute atomic E-state index is 12.6. The summed E-state index contributed by atoms with van der Waals surface area (Å²) in [5.41, 5.74) is 0. The van der Waals surface area contributed by atoms with Crippen molar-refractivity contribution in [2.45, 2.75) is 154 Å². The van der Waals surface area contributed by atoms with E-state index in [1.54, 1.807) is 0 Å². The summed E-state index contributed by atoms with van der Waals surface area (Å²) in [6.07, 6.45) is 48.3. The molecule has 0 aliphatic heterocycles. The van der Waals surface area contributed by atoms with Gasteiger partial charge in [-0.25, -0.2) is 4.57 Å². The largest absolute Gasteiger partial charge is 0.472 e. The van der Waals surface area contributed by atoms with E-state index in [1.807, 2.05) is 0 Å². The molecule has 3 unspecified atom stereocenters. The van der Waals surface area contributed by atoms with Crippen molar-refractivity contribution in [2.75, 3.05) is 33.0 Å². The minimum Gasteiger partial charge on any atom is -0.457 e. The molecule has 0 rings (SSSR count). The highest BCUT2D eigenvalue weighted by molar-refractivity contribution is 7.47. The number of ether oxygens (including phenoxy) is 2. The Morgan fingerprint density at radius 3 is 1.50 bits per heavy atom. The Kier molecular flexibility index (Phi) is 38.5. The molecule has 0 spiro atoms. The standard InChI is InChI=1S/C44H75O9P/c1-3-5-7-9-11-13-15-17-19-21-22-24-26-28-30-32-34-36-44(47)53-43(41-52-54(48,49)51-39-42(46)38-45)40-50-37-35-33-31-29-27-25-23-20-18-16-14-12-10-8-6-4-2/h5-8,11-14,17-20,25,27,42-43,45-46H,3-4,9-10,15-16,21-24,26,28-41H2,1-2H3,(H,48,49)/b7-5-,8-6-,13-11-,14-12-,19-17-,20-18-,27-25-. The maximum atomic E-state index is 12.6. The van der Waals surface area contributed by atoms with Gasteiger partial charge in [0.25, 0.3) is 0 Å². The molecule has 0 saturated heterocycles. The number of hydrogen-bond donors (Lipinski definition) is 3. The molecule has 0 saturated carbocycles. The number of carbonyl (C=O) groups excluding carboxylic acids is 1. The van der Waals surface area contributed by atoms with Crippen LogP contribution in [0.3, 0.4) is 0 Å². The highest BCUT2D eigenvalue weighted by Crippen LogP contribution is 2.43. The summed E-state index contributed by atoms with van der Waals surface area (Å²) in [7, 11) is -4.53. The zero-order valence-corrected chi connectivity index (χ0v) is 34.5. The number of aliphatic hydroxyl groups is 2. The summed E-state index contributed by atoms with van der Waals surface area (Å²) in [6.45, 7) is 3.17. The van der Waals surface area contributed by atoms with Gasteiger partial charge in [0.2, 0.25) is 0 Å². The first-order chi connectivity index (χ1) is 26.3. The highest BCUT2D eigenvalue weighted by atomic mass is 31.2. The van der Waals surface area contributed by atoms with Crippen molar-refractivity contribution in [3.63, 3.8) is 0 Å². The monoisotopic (exact) mass is 779 g/mol. The first-order valence-corrected chi connectivity index (χ1v) is 22.1. The van der Waals surface area contributed by atoms with E-state index in [0.717, 1.165) is 96.3 Å². The van der Waals surface area contributed by atoms with E-state index in [4.69, 9.17) is 23.6 Å². The van der Waals surface area contributed by atoms with Crippen molar-refractivity contribution in [2.24, 2.45) is 0 Å². The second-order valence-corrected chi connectivity index (χ2v) is 14.7. The molecule has 310 valence electrons. The van der Waals surface area contributed by atoms with Crippen LogP contribution in [0.4, 0.5) is 0 Å². The zero-order chi connectivity index (χ0) is 39.6. The van der Waals surface area contributed by atoms with Crippen LogP contribution in [0.1, 0.15) is 142 Å². The third kappa shape index (κ3) is 39.3. The number of allylic oxidation sites excluding steroid dienone is 14. The molecular formula is C44H75O9P. The third-order valence-corrected chi connectivity index (χ3v) is 9.03. The summed E-state index contributed by atoms with van der Waals surface area (Å²) >= 11 is 0. The first kappa shape index (κ1) is 51.6. The van der Waals surface area contributed by atoms with Gasteiger partial charge in [0.15, 0.2) is 0 Å². The van der Waals surface area contributed by atoms with Gasteiger partial charge < -0.3 is 24.6 Å². The van der Waals surface area contributed by atoms with Gasteiger partial charge in [-0.05, 0) is 83.5 Å². The molecule has 0 aromatic rings. The number of carbonyl (C=O) groups is 1. The Morgan fingerprint density at radius 1 is 0.574 bits per heavy atom. The Balaban J connectivity index is 4.29. The minimum absolute atomic E-state index is 0.0183. The van der Waals surface area contributed by atoms with Crippen molar-refractivity contribution in [3.05, 3.63) is 85.1 Å². The average molecular weight is 779 g/mol. The Morgan fingerprint density at radius 2 is 1.00 bits per heavy atom. The van der Waals surface area contributed by atoms with E-state index in [9.17, 15) is 19.4 Å². The topological polar surface area (TPSA) is 132 Å². The molecule has 0 bridgehead atoms. The molecule has 0 heterocycles. The number of aliphatic hydroxyl groups excluding tert-OH is 2. The van der Waals surface area contributed by atoms with Crippen LogP contribution in [0.2, 0.25) is 0 Å². The molecule has 0 aliphatic carbocycles. The quantitative estimate of drug-likeness (QED) is 0.0242. The van der Waals surface area contributed by atoms with Crippen molar-refractivity contribution >= 4 is 13.8 Å². The van der Waals surface area contributed by atoms with Gasteiger partial charge in [-0.1, -0.05) is 137 Å². The van der Waals surface area contributed by atoms with Gasteiger partial charge in [-0.15, -0.1) is 0 Å². The fourth-order valence-corrected chi connectivity index (χ4v) is 5.80. The van der Waals surface area contributed by atoms with E-state index in [1.165, 1.54) is 19.3 Å². The van der Waals surface area contributed by atoms with Crippen LogP contribution in [-0.4, -0.2) is 66.3 Å². The molecule has 0 aromatic heterocycles. The average Bonchev–Trinajstić information content (AvgIpc) is 3.16. The predicted octanol–water partition coefficient (Wildman–Crippen LogP) is 11.1. The number of rotatable bonds is 38. The summed E-state index contributed by atoms with van der Waals surface area (Å²) in [5.74, 6) is -0.409. The van der Waals surface area contributed by atoms with E-state index in [2.05, 4.69) is 98.9 Å². The molecule has 3 atom stereocenters. The molecular weight excluding hydrogens is 703 g/mol. The van der Waals surface area contributed by atoms with Crippen molar-refractivity contribution in [1.82, 2.24) is 0 Å². The Bertz CT molecular complexity index is 1110. The lowest BCUT2D eigenvalue weighted by molar-refractivity contribution is -0.154. The molecule has 10 heteroatoms. The lowest BCUT2D eigenvalue weighted by Crippen LogP contribution is -2.29. The van der Waals surface area contributed by atoms with Gasteiger partial charge in [-0.3, -0.25) is 13.8 Å². The number of hydrogen-bond acceptors (Lipinski definition) is 8. The van der Waals surface area contributed by atoms with Crippen molar-refractivity contribution in [1.29, 1.82) is 0 Å². The van der Waals surface area contributed by atoms with Crippen molar-refractivity contribution < 1.29 is 43.0 Å². The fraction of sp³-hybridized carbons (Fsp3) is 0.659.